The molecule has 15 nitrogen and oxygen atoms in total. The van der Waals surface area contributed by atoms with E-state index in [-0.39, 0.29) is 53.2 Å². The normalized spacial score (nSPS) is 16.4. The minimum Gasteiger partial charge on any atom is -0.478 e. The van der Waals surface area contributed by atoms with Crippen molar-refractivity contribution in [2.24, 2.45) is 0 Å². The number of rotatable bonds is 8. The molecule has 0 unspecified atom stereocenters. The van der Waals surface area contributed by atoms with Crippen molar-refractivity contribution in [1.82, 2.24) is 39.0 Å². The van der Waals surface area contributed by atoms with Gasteiger partial charge < -0.3 is 15.1 Å². The van der Waals surface area contributed by atoms with Gasteiger partial charge in [-0.2, -0.15) is 28.4 Å². The van der Waals surface area contributed by atoms with Gasteiger partial charge >= 0.3 is 17.8 Å². The predicted octanol–water partition coefficient (Wildman–Crippen LogP) is 2.22. The molecular formula is C25H24ClF3N8O7S. The minimum atomic E-state index is -5.04. The van der Waals surface area contributed by atoms with Crippen molar-refractivity contribution < 1.29 is 42.1 Å². The molecule has 45 heavy (non-hydrogen) atoms. The topological polar surface area (TPSA) is 202 Å². The summed E-state index contributed by atoms with van der Waals surface area (Å²) in [6.07, 6.45) is -6.69. The summed E-state index contributed by atoms with van der Waals surface area (Å²) >= 11 is 5.92. The average Bonchev–Trinajstić information content (AvgIpc) is 3.54. The molecule has 0 saturated carbocycles. The van der Waals surface area contributed by atoms with Crippen molar-refractivity contribution >= 4 is 34.1 Å². The van der Waals surface area contributed by atoms with Crippen molar-refractivity contribution in [3.05, 3.63) is 75.3 Å². The SMILES string of the molecule is O=C(O)c1cccnc1-n1nc(Cn2nc(-c3ccc(Cl)cc3)n(C[C@H](O)C(F)(F)F)c2=O)nc1C(=O)N1CCS(O)(O)CC1. The van der Waals surface area contributed by atoms with Crippen molar-refractivity contribution in [3.8, 4) is 17.2 Å². The number of carbonyl (C=O) groups excluding carboxylic acids is 1. The predicted molar refractivity (Wildman–Crippen MR) is 153 cm³/mol. The van der Waals surface area contributed by atoms with Gasteiger partial charge in [0, 0.05) is 29.9 Å². The fourth-order valence-electron chi connectivity index (χ4n) is 4.44. The summed E-state index contributed by atoms with van der Waals surface area (Å²) in [5, 5.41) is 28.1. The Morgan fingerprint density at radius 3 is 2.36 bits per heavy atom. The molecule has 4 heterocycles. The highest BCUT2D eigenvalue weighted by molar-refractivity contribution is 8.24. The molecule has 240 valence electrons. The molecule has 0 radical (unpaired) electrons. The monoisotopic (exact) mass is 672 g/mol. The number of carboxylic acids is 1. The number of carboxylic acid groups (broad SMARTS) is 1. The summed E-state index contributed by atoms with van der Waals surface area (Å²) in [5.74, 6) is -3.52. The maximum absolute atomic E-state index is 13.5. The van der Waals surface area contributed by atoms with Crippen LogP contribution in [0.2, 0.25) is 5.02 Å². The van der Waals surface area contributed by atoms with Crippen LogP contribution in [0.25, 0.3) is 17.2 Å². The Balaban J connectivity index is 1.58. The summed E-state index contributed by atoms with van der Waals surface area (Å²) in [6.45, 7) is -1.87. The Morgan fingerprint density at radius 2 is 1.73 bits per heavy atom. The second kappa shape index (κ2) is 12.2. The zero-order valence-electron chi connectivity index (χ0n) is 22.9. The van der Waals surface area contributed by atoms with Crippen molar-refractivity contribution in [2.45, 2.75) is 25.4 Å². The van der Waals surface area contributed by atoms with E-state index in [4.69, 9.17) is 11.6 Å². The number of alkyl halides is 3. The molecule has 1 aromatic carbocycles. The summed E-state index contributed by atoms with van der Waals surface area (Å²) in [6, 6.07) is 8.25. The maximum Gasteiger partial charge on any atom is 0.416 e. The number of amides is 1. The van der Waals surface area contributed by atoms with E-state index in [0.717, 1.165) is 9.36 Å². The number of nitrogens with zero attached hydrogens (tertiary/aromatic N) is 8. The molecule has 1 atom stereocenters. The molecule has 1 saturated heterocycles. The third-order valence-corrected chi connectivity index (χ3v) is 8.70. The van der Waals surface area contributed by atoms with Crippen LogP contribution in [0.3, 0.4) is 0 Å². The standard InChI is InChI=1S/C25H24ClF3N8O7S/c26-15-5-3-14(4-6-15)19-33-36(24(42)35(19)12-17(38)25(27,28)29)13-18-31-21(22(39)34-8-10-45(43,44)11-9-34)37(32-18)20-16(23(40)41)2-1-7-30-20/h1-7,17,38,43-44H,8-13H2,(H,40,41)/t17-/m0/s1. The van der Waals surface area contributed by atoms with Gasteiger partial charge in [-0.05, 0) is 36.4 Å². The molecular weight excluding hydrogens is 649 g/mol. The number of hydrogen-bond acceptors (Lipinski definition) is 10. The van der Waals surface area contributed by atoms with Crippen LogP contribution in [0, 0.1) is 0 Å². The third-order valence-electron chi connectivity index (χ3n) is 6.77. The zero-order valence-corrected chi connectivity index (χ0v) is 24.4. The molecule has 1 amide bonds. The fourth-order valence-corrected chi connectivity index (χ4v) is 5.80. The molecule has 5 rings (SSSR count). The molecule has 20 heteroatoms. The van der Waals surface area contributed by atoms with Gasteiger partial charge in [0.2, 0.25) is 5.82 Å². The first-order valence-electron chi connectivity index (χ1n) is 13.0. The Hall–Kier alpha value is -4.30. The molecule has 0 spiro atoms. The van der Waals surface area contributed by atoms with E-state index in [1.54, 1.807) is 0 Å². The lowest BCUT2D eigenvalue weighted by atomic mass is 10.2. The number of hydrogen-bond donors (Lipinski definition) is 4. The fraction of sp³-hybridized carbons (Fsp3) is 0.320. The van der Waals surface area contributed by atoms with Crippen molar-refractivity contribution in [1.29, 1.82) is 0 Å². The number of carbonyl (C=O) groups is 2. The molecule has 4 N–H and O–H groups in total. The lowest BCUT2D eigenvalue weighted by Crippen LogP contribution is -2.43. The second-order valence-electron chi connectivity index (χ2n) is 9.88. The van der Waals surface area contributed by atoms with E-state index in [1.807, 2.05) is 0 Å². The van der Waals surface area contributed by atoms with Gasteiger partial charge in [-0.1, -0.05) is 11.6 Å². The van der Waals surface area contributed by atoms with Crippen molar-refractivity contribution in [3.63, 3.8) is 0 Å². The Labute approximate surface area is 257 Å². The van der Waals surface area contributed by atoms with Crippen LogP contribution < -0.4 is 5.69 Å². The van der Waals surface area contributed by atoms with Crippen LogP contribution in [0.1, 0.15) is 26.8 Å². The Morgan fingerprint density at radius 1 is 1.07 bits per heavy atom. The summed E-state index contributed by atoms with van der Waals surface area (Å²) in [4.78, 5) is 48.3. The minimum absolute atomic E-state index is 0.0484. The molecule has 3 aromatic heterocycles. The Bertz CT molecular complexity index is 1800. The quantitative estimate of drug-likeness (QED) is 0.214. The smallest absolute Gasteiger partial charge is 0.416 e. The van der Waals surface area contributed by atoms with Crippen LogP contribution in [0.4, 0.5) is 13.2 Å². The maximum atomic E-state index is 13.5. The zero-order chi connectivity index (χ0) is 32.7. The van der Waals surface area contributed by atoms with E-state index in [0.29, 0.717) is 9.59 Å². The molecule has 1 fully saturated rings. The summed E-state index contributed by atoms with van der Waals surface area (Å²) in [5.41, 5.74) is -1.21. The van der Waals surface area contributed by atoms with Crippen LogP contribution in [-0.2, 0) is 13.1 Å². The lowest BCUT2D eigenvalue weighted by Gasteiger charge is -2.40. The number of aliphatic hydroxyl groups excluding tert-OH is 1. The highest BCUT2D eigenvalue weighted by Crippen LogP contribution is 2.40. The first-order valence-corrected chi connectivity index (χ1v) is 15.3. The summed E-state index contributed by atoms with van der Waals surface area (Å²) in [7, 11) is -2.87. The first-order chi connectivity index (χ1) is 21.1. The van der Waals surface area contributed by atoms with E-state index >= 15 is 0 Å². The van der Waals surface area contributed by atoms with Crippen LogP contribution in [0.15, 0.2) is 47.4 Å². The second-order valence-corrected chi connectivity index (χ2v) is 12.7. The average molecular weight is 673 g/mol. The van der Waals surface area contributed by atoms with Gasteiger partial charge in [-0.3, -0.25) is 18.5 Å². The van der Waals surface area contributed by atoms with Gasteiger partial charge in [0.25, 0.3) is 5.91 Å². The van der Waals surface area contributed by atoms with Gasteiger partial charge in [-0.15, -0.1) is 10.2 Å². The number of aromatic nitrogens is 7. The number of aromatic carboxylic acids is 1. The van der Waals surface area contributed by atoms with E-state index in [1.165, 1.54) is 47.5 Å². The molecule has 1 aliphatic rings. The van der Waals surface area contributed by atoms with E-state index < -0.39 is 59.4 Å². The van der Waals surface area contributed by atoms with Crippen LogP contribution in [-0.4, -0.2) is 107 Å². The third kappa shape index (κ3) is 6.86. The Kier molecular flexibility index (Phi) is 8.73. The van der Waals surface area contributed by atoms with Crippen LogP contribution in [0.5, 0.6) is 0 Å². The molecule has 1 aliphatic heterocycles. The highest BCUT2D eigenvalue weighted by atomic mass is 35.5. The van der Waals surface area contributed by atoms with Gasteiger partial charge in [-0.25, -0.2) is 24.2 Å². The first kappa shape index (κ1) is 32.1. The number of aliphatic hydroxyl groups is 1. The van der Waals surface area contributed by atoms with Gasteiger partial charge in [0.15, 0.2) is 23.6 Å². The van der Waals surface area contributed by atoms with Gasteiger partial charge in [0.1, 0.15) is 12.1 Å². The summed E-state index contributed by atoms with van der Waals surface area (Å²) < 4.78 is 61.8. The van der Waals surface area contributed by atoms with E-state index in [9.17, 15) is 46.9 Å². The van der Waals surface area contributed by atoms with Crippen LogP contribution >= 0.6 is 22.2 Å². The molecule has 4 aromatic rings. The van der Waals surface area contributed by atoms with E-state index in [2.05, 4.69) is 20.2 Å². The molecule has 0 aliphatic carbocycles. The molecule has 0 bridgehead atoms. The number of benzene rings is 1. The largest absolute Gasteiger partial charge is 0.478 e. The van der Waals surface area contributed by atoms with Gasteiger partial charge in [0.05, 0.1) is 18.1 Å². The highest BCUT2D eigenvalue weighted by Gasteiger charge is 2.39. The lowest BCUT2D eigenvalue weighted by molar-refractivity contribution is -0.207. The number of pyridine rings is 1. The van der Waals surface area contributed by atoms with Crippen molar-refractivity contribution in [2.75, 3.05) is 24.6 Å². The number of halogens is 4.